The molecule has 0 aromatic heterocycles. The lowest BCUT2D eigenvalue weighted by Crippen LogP contribution is -2.33. The summed E-state index contributed by atoms with van der Waals surface area (Å²) in [5.41, 5.74) is 0.388. The Morgan fingerprint density at radius 2 is 1.93 bits per heavy atom. The van der Waals surface area contributed by atoms with Crippen molar-refractivity contribution in [2.45, 2.75) is 25.9 Å². The van der Waals surface area contributed by atoms with Gasteiger partial charge in [-0.2, -0.15) is 0 Å². The van der Waals surface area contributed by atoms with Crippen LogP contribution in [0.3, 0.4) is 0 Å². The molecule has 1 atom stereocenters. The molecular formula is C11H15NO3. The van der Waals surface area contributed by atoms with E-state index in [2.05, 4.69) is 5.32 Å². The lowest BCUT2D eigenvalue weighted by Gasteiger charge is -2.18. The van der Waals surface area contributed by atoms with Crippen molar-refractivity contribution < 1.29 is 15.0 Å². The molecule has 3 N–H and O–H groups in total. The van der Waals surface area contributed by atoms with E-state index < -0.39 is 12.0 Å². The first-order valence-corrected chi connectivity index (χ1v) is 4.79. The third-order valence-electron chi connectivity index (χ3n) is 1.99. The van der Waals surface area contributed by atoms with Crippen molar-refractivity contribution in [1.82, 2.24) is 5.32 Å². The van der Waals surface area contributed by atoms with Crippen LogP contribution in [0, 0.1) is 0 Å². The number of rotatable bonds is 4. The first-order valence-electron chi connectivity index (χ1n) is 4.79. The predicted molar refractivity (Wildman–Crippen MR) is 56.8 cm³/mol. The van der Waals surface area contributed by atoms with Gasteiger partial charge in [-0.25, -0.2) is 0 Å². The largest absolute Gasteiger partial charge is 0.508 e. The monoisotopic (exact) mass is 209 g/mol. The van der Waals surface area contributed by atoms with Crippen molar-refractivity contribution in [3.8, 4) is 5.75 Å². The van der Waals surface area contributed by atoms with Gasteiger partial charge in [0.25, 0.3) is 0 Å². The van der Waals surface area contributed by atoms with Gasteiger partial charge in [0.1, 0.15) is 11.8 Å². The minimum atomic E-state index is -0.995. The summed E-state index contributed by atoms with van der Waals surface area (Å²) in [6.45, 7) is 3.71. The molecule has 0 aliphatic carbocycles. The second-order valence-electron chi connectivity index (χ2n) is 3.65. The van der Waals surface area contributed by atoms with Gasteiger partial charge in [-0.3, -0.25) is 10.1 Å². The van der Waals surface area contributed by atoms with Gasteiger partial charge in [0.05, 0.1) is 0 Å². The van der Waals surface area contributed by atoms with Crippen LogP contribution in [-0.4, -0.2) is 22.2 Å². The molecule has 0 aliphatic heterocycles. The molecule has 0 radical (unpaired) electrons. The molecule has 1 rings (SSSR count). The highest BCUT2D eigenvalue weighted by Gasteiger charge is 2.22. The molecule has 0 spiro atoms. The van der Waals surface area contributed by atoms with E-state index in [4.69, 9.17) is 5.11 Å². The fraction of sp³-hybridized carbons (Fsp3) is 0.364. The maximum atomic E-state index is 11.0. The van der Waals surface area contributed by atoms with E-state index >= 15 is 0 Å². The number of carboxylic acid groups (broad SMARTS) is 1. The number of phenols is 1. The number of nitrogens with one attached hydrogen (secondary N) is 1. The molecule has 0 fully saturated rings. The average molecular weight is 209 g/mol. The van der Waals surface area contributed by atoms with Gasteiger partial charge in [0.2, 0.25) is 0 Å². The Kier molecular flexibility index (Phi) is 3.68. The number of carbonyl (C=O) groups is 1. The lowest BCUT2D eigenvalue weighted by molar-refractivity contribution is -0.139. The van der Waals surface area contributed by atoms with Crippen molar-refractivity contribution >= 4 is 5.97 Å². The molecule has 82 valence electrons. The fourth-order valence-electron chi connectivity index (χ4n) is 1.36. The molecule has 15 heavy (non-hydrogen) atoms. The summed E-state index contributed by atoms with van der Waals surface area (Å²) < 4.78 is 0. The number of para-hydroxylation sites is 1. The van der Waals surface area contributed by atoms with Crippen molar-refractivity contribution in [2.24, 2.45) is 0 Å². The minimum Gasteiger partial charge on any atom is -0.508 e. The number of aromatic hydroxyl groups is 1. The van der Waals surface area contributed by atoms with Crippen LogP contribution in [-0.2, 0) is 4.79 Å². The number of hydrogen-bond acceptors (Lipinski definition) is 3. The van der Waals surface area contributed by atoms with E-state index in [1.807, 2.05) is 13.8 Å². The van der Waals surface area contributed by atoms with Crippen molar-refractivity contribution in [1.29, 1.82) is 0 Å². The lowest BCUT2D eigenvalue weighted by atomic mass is 10.1. The highest BCUT2D eigenvalue weighted by Crippen LogP contribution is 2.24. The molecule has 1 aromatic rings. The smallest absolute Gasteiger partial charge is 0.325 e. The van der Waals surface area contributed by atoms with Crippen molar-refractivity contribution in [2.75, 3.05) is 0 Å². The molecule has 1 aromatic carbocycles. The van der Waals surface area contributed by atoms with Crippen LogP contribution in [0.2, 0.25) is 0 Å². The highest BCUT2D eigenvalue weighted by molar-refractivity contribution is 5.76. The Bertz CT molecular complexity index is 349. The zero-order valence-electron chi connectivity index (χ0n) is 8.77. The van der Waals surface area contributed by atoms with Crippen LogP contribution in [0.4, 0.5) is 0 Å². The maximum Gasteiger partial charge on any atom is 0.325 e. The number of hydrogen-bond donors (Lipinski definition) is 3. The van der Waals surface area contributed by atoms with Crippen LogP contribution in [0.5, 0.6) is 5.75 Å². The van der Waals surface area contributed by atoms with Crippen LogP contribution < -0.4 is 5.32 Å². The van der Waals surface area contributed by atoms with Gasteiger partial charge in [-0.05, 0) is 19.9 Å². The van der Waals surface area contributed by atoms with Gasteiger partial charge >= 0.3 is 5.97 Å². The van der Waals surface area contributed by atoms with E-state index in [-0.39, 0.29) is 11.8 Å². The number of carboxylic acids is 1. The van der Waals surface area contributed by atoms with Gasteiger partial charge in [0, 0.05) is 11.6 Å². The standard InChI is InChI=1S/C11H15NO3/c1-7(2)12-10(11(14)15)8-5-3-4-6-9(8)13/h3-7,10,12-13H,1-2H3,(H,14,15). The molecule has 0 saturated carbocycles. The van der Waals surface area contributed by atoms with E-state index in [9.17, 15) is 9.90 Å². The van der Waals surface area contributed by atoms with Crippen LogP contribution in [0.1, 0.15) is 25.5 Å². The summed E-state index contributed by atoms with van der Waals surface area (Å²) in [6, 6.07) is 5.61. The fourth-order valence-corrected chi connectivity index (χ4v) is 1.36. The second-order valence-corrected chi connectivity index (χ2v) is 3.65. The number of aliphatic carboxylic acids is 1. The van der Waals surface area contributed by atoms with E-state index in [0.717, 1.165) is 0 Å². The molecule has 0 saturated heterocycles. The first kappa shape index (κ1) is 11.5. The summed E-state index contributed by atoms with van der Waals surface area (Å²) in [7, 11) is 0. The molecular weight excluding hydrogens is 194 g/mol. The Morgan fingerprint density at radius 1 is 1.33 bits per heavy atom. The Morgan fingerprint density at radius 3 is 2.40 bits per heavy atom. The molecule has 0 aliphatic rings. The molecule has 0 amide bonds. The minimum absolute atomic E-state index is 0.00181. The molecule has 4 nitrogen and oxygen atoms in total. The third-order valence-corrected chi connectivity index (χ3v) is 1.99. The summed E-state index contributed by atoms with van der Waals surface area (Å²) in [5.74, 6) is -0.997. The number of benzene rings is 1. The number of phenolic OH excluding ortho intramolecular Hbond substituents is 1. The normalized spacial score (nSPS) is 12.7. The third kappa shape index (κ3) is 2.95. The average Bonchev–Trinajstić information content (AvgIpc) is 2.15. The topological polar surface area (TPSA) is 69.6 Å². The SMILES string of the molecule is CC(C)NC(C(=O)O)c1ccccc1O. The van der Waals surface area contributed by atoms with E-state index in [0.29, 0.717) is 5.56 Å². The summed E-state index contributed by atoms with van der Waals surface area (Å²) in [6.07, 6.45) is 0. The summed E-state index contributed by atoms with van der Waals surface area (Å²) in [4.78, 5) is 11.0. The predicted octanol–water partition coefficient (Wildman–Crippen LogP) is 1.52. The zero-order valence-corrected chi connectivity index (χ0v) is 8.77. The van der Waals surface area contributed by atoms with Crippen molar-refractivity contribution in [3.63, 3.8) is 0 Å². The molecule has 0 bridgehead atoms. The summed E-state index contributed by atoms with van der Waals surface area (Å²) in [5, 5.41) is 21.4. The Balaban J connectivity index is 2.99. The highest BCUT2D eigenvalue weighted by atomic mass is 16.4. The summed E-state index contributed by atoms with van der Waals surface area (Å²) >= 11 is 0. The van der Waals surface area contributed by atoms with Crippen LogP contribution in [0.15, 0.2) is 24.3 Å². The van der Waals surface area contributed by atoms with Gasteiger partial charge < -0.3 is 10.2 Å². The van der Waals surface area contributed by atoms with Gasteiger partial charge in [-0.15, -0.1) is 0 Å². The first-order chi connectivity index (χ1) is 7.02. The van der Waals surface area contributed by atoms with Crippen LogP contribution in [0.25, 0.3) is 0 Å². The molecule has 4 heteroatoms. The molecule has 0 heterocycles. The maximum absolute atomic E-state index is 11.0. The van der Waals surface area contributed by atoms with E-state index in [1.54, 1.807) is 18.2 Å². The molecule has 1 unspecified atom stereocenters. The van der Waals surface area contributed by atoms with Gasteiger partial charge in [-0.1, -0.05) is 18.2 Å². The van der Waals surface area contributed by atoms with E-state index in [1.165, 1.54) is 6.07 Å². The quantitative estimate of drug-likeness (QED) is 0.703. The Hall–Kier alpha value is -1.55. The van der Waals surface area contributed by atoms with Crippen molar-refractivity contribution in [3.05, 3.63) is 29.8 Å². The van der Waals surface area contributed by atoms with Gasteiger partial charge in [0.15, 0.2) is 0 Å². The second kappa shape index (κ2) is 4.79. The zero-order chi connectivity index (χ0) is 11.4. The Labute approximate surface area is 88.6 Å². The van der Waals surface area contributed by atoms with Crippen LogP contribution >= 0.6 is 0 Å².